The monoisotopic (exact) mass is 621 g/mol. The van der Waals surface area contributed by atoms with E-state index in [1.54, 1.807) is 27.0 Å². The molecule has 2 aliphatic heterocycles. The number of halogens is 2. The molecule has 2 N–H and O–H groups in total. The summed E-state index contributed by atoms with van der Waals surface area (Å²) in [6.45, 7) is 13.2. The van der Waals surface area contributed by atoms with Crippen molar-refractivity contribution in [2.24, 2.45) is 0 Å². The second-order valence-corrected chi connectivity index (χ2v) is 14.1. The maximum Gasteiger partial charge on any atom is 0.412 e. The first-order chi connectivity index (χ1) is 20.7. The number of hydrogen-bond acceptors (Lipinski definition) is 10. The van der Waals surface area contributed by atoms with Gasteiger partial charge in [0, 0.05) is 47.2 Å². The molecule has 0 unspecified atom stereocenters. The van der Waals surface area contributed by atoms with Crippen LogP contribution in [0.1, 0.15) is 64.7 Å². The number of amides is 1. The van der Waals surface area contributed by atoms with Gasteiger partial charge >= 0.3 is 6.09 Å². The molecular weight excluding hydrogens is 588 g/mol. The van der Waals surface area contributed by atoms with Gasteiger partial charge in [0.1, 0.15) is 22.2 Å². The fourth-order valence-electron chi connectivity index (χ4n) is 5.83. The van der Waals surface area contributed by atoms with E-state index >= 15 is 8.78 Å². The van der Waals surface area contributed by atoms with Crippen molar-refractivity contribution in [3.63, 3.8) is 0 Å². The number of pyridine rings is 1. The maximum absolute atomic E-state index is 16.8. The van der Waals surface area contributed by atoms with Crippen LogP contribution in [0.2, 0.25) is 0 Å². The average Bonchev–Trinajstić information content (AvgIpc) is 3.67. The minimum absolute atomic E-state index is 0.0390. The van der Waals surface area contributed by atoms with E-state index in [2.05, 4.69) is 52.4 Å². The lowest BCUT2D eigenvalue weighted by molar-refractivity contribution is 0.0636. The Hall–Kier alpha value is -3.99. The summed E-state index contributed by atoms with van der Waals surface area (Å²) >= 11 is 0.863. The minimum atomic E-state index is -0.798. The van der Waals surface area contributed by atoms with Crippen molar-refractivity contribution in [3.05, 3.63) is 40.7 Å². The number of hydrogen-bond donors (Lipinski definition) is 2. The van der Waals surface area contributed by atoms with E-state index in [1.165, 1.54) is 0 Å². The highest BCUT2D eigenvalue weighted by Crippen LogP contribution is 2.46. The van der Waals surface area contributed by atoms with Crippen LogP contribution in [0.3, 0.4) is 0 Å². The molecule has 6 rings (SSSR count). The molecule has 1 fully saturated rings. The summed E-state index contributed by atoms with van der Waals surface area (Å²) in [4.78, 5) is 28.2. The third-order valence-electron chi connectivity index (χ3n) is 7.43. The van der Waals surface area contributed by atoms with Crippen LogP contribution in [0.4, 0.5) is 24.5 Å². The zero-order valence-electron chi connectivity index (χ0n) is 25.4. The van der Waals surface area contributed by atoms with Crippen molar-refractivity contribution < 1.29 is 23.0 Å². The lowest BCUT2D eigenvalue weighted by atomic mass is 9.94. The van der Waals surface area contributed by atoms with Crippen LogP contribution in [0.15, 0.2) is 12.4 Å². The van der Waals surface area contributed by atoms with Crippen molar-refractivity contribution in [2.75, 3.05) is 23.3 Å². The second kappa shape index (κ2) is 10.9. The number of fused-ring (bicyclic) bond motifs is 4. The summed E-state index contributed by atoms with van der Waals surface area (Å²) < 4.78 is 43.1. The number of ether oxygens (including phenoxy) is 2. The van der Waals surface area contributed by atoms with E-state index in [-0.39, 0.29) is 62.2 Å². The summed E-state index contributed by atoms with van der Waals surface area (Å²) in [6.07, 6.45) is 2.73. The highest BCUT2D eigenvalue weighted by atomic mass is 32.1. The predicted molar refractivity (Wildman–Crippen MR) is 165 cm³/mol. The van der Waals surface area contributed by atoms with Crippen molar-refractivity contribution >= 4 is 49.4 Å². The summed E-state index contributed by atoms with van der Waals surface area (Å²) in [7, 11) is 0. The minimum Gasteiger partial charge on any atom is -0.444 e. The number of aromatic nitrogens is 3. The van der Waals surface area contributed by atoms with Gasteiger partial charge in [-0.1, -0.05) is 0 Å². The Balaban J connectivity index is 1.49. The van der Waals surface area contributed by atoms with E-state index in [0.717, 1.165) is 36.1 Å². The number of nitriles is 1. The summed E-state index contributed by atoms with van der Waals surface area (Å²) in [5, 5.41) is 17.0. The van der Waals surface area contributed by atoms with Crippen molar-refractivity contribution in [2.45, 2.75) is 78.4 Å². The van der Waals surface area contributed by atoms with Gasteiger partial charge in [-0.05, 0) is 59.1 Å². The Morgan fingerprint density at radius 2 is 1.91 bits per heavy atom. The number of rotatable bonds is 4. The molecule has 13 heteroatoms. The number of thiophene rings is 1. The van der Waals surface area contributed by atoms with Gasteiger partial charge in [0.15, 0.2) is 11.6 Å². The number of nitrogens with one attached hydrogen (secondary N) is 2. The van der Waals surface area contributed by atoms with E-state index in [1.807, 2.05) is 4.90 Å². The van der Waals surface area contributed by atoms with Gasteiger partial charge in [0.2, 0.25) is 5.95 Å². The van der Waals surface area contributed by atoms with Crippen molar-refractivity contribution in [1.29, 1.82) is 5.26 Å². The molecule has 3 aromatic heterocycles. The lowest BCUT2D eigenvalue weighted by Gasteiger charge is -2.26. The van der Waals surface area contributed by atoms with Gasteiger partial charge in [0.25, 0.3) is 0 Å². The Kier molecular flexibility index (Phi) is 7.42. The SMILES string of the molecule is CC(C)(C)N[C@H]1CCN(c2ncc3c4c(c(-c5ncc(F)c6sc(NC(=O)OC(C)(C)C)c(C#N)c56)c(F)c3n2)COC4)C1. The van der Waals surface area contributed by atoms with E-state index < -0.39 is 23.3 Å². The normalized spacial score (nSPS) is 16.9. The first-order valence-corrected chi connectivity index (χ1v) is 15.2. The zero-order chi connectivity index (χ0) is 31.6. The molecule has 1 atom stereocenters. The van der Waals surface area contributed by atoms with Gasteiger partial charge < -0.3 is 19.7 Å². The molecule has 4 aromatic rings. The summed E-state index contributed by atoms with van der Waals surface area (Å²) in [6, 6.07) is 2.30. The largest absolute Gasteiger partial charge is 0.444 e. The Morgan fingerprint density at radius 3 is 2.61 bits per heavy atom. The van der Waals surface area contributed by atoms with Crippen LogP contribution >= 0.6 is 11.3 Å². The van der Waals surface area contributed by atoms with Crippen LogP contribution in [0.25, 0.3) is 32.2 Å². The smallest absolute Gasteiger partial charge is 0.412 e. The summed E-state index contributed by atoms with van der Waals surface area (Å²) in [5.41, 5.74) is 0.641. The van der Waals surface area contributed by atoms with Gasteiger partial charge in [-0.25, -0.2) is 23.5 Å². The average molecular weight is 622 g/mol. The van der Waals surface area contributed by atoms with Gasteiger partial charge in [-0.2, -0.15) is 5.26 Å². The van der Waals surface area contributed by atoms with Crippen LogP contribution in [0, 0.1) is 23.0 Å². The number of carbonyl (C=O) groups excluding carboxylic acids is 1. The number of anilines is 2. The zero-order valence-corrected chi connectivity index (χ0v) is 26.2. The molecule has 0 radical (unpaired) electrons. The fourth-order valence-corrected chi connectivity index (χ4v) is 6.87. The Bertz CT molecular complexity index is 1860. The highest BCUT2D eigenvalue weighted by molar-refractivity contribution is 7.23. The second-order valence-electron chi connectivity index (χ2n) is 13.1. The highest BCUT2D eigenvalue weighted by Gasteiger charge is 2.32. The summed E-state index contributed by atoms with van der Waals surface area (Å²) in [5.74, 6) is -0.948. The number of nitrogens with zero attached hydrogens (tertiary/aromatic N) is 5. The molecule has 0 aliphatic carbocycles. The van der Waals surface area contributed by atoms with Crippen LogP contribution in [0.5, 0.6) is 0 Å². The van der Waals surface area contributed by atoms with E-state index in [0.29, 0.717) is 23.4 Å². The number of carbonyl (C=O) groups is 1. The molecule has 0 saturated carbocycles. The molecule has 0 bridgehead atoms. The predicted octanol–water partition coefficient (Wildman–Crippen LogP) is 6.40. The molecular formula is C31H33F2N7O3S. The lowest BCUT2D eigenvalue weighted by Crippen LogP contribution is -2.45. The van der Waals surface area contributed by atoms with E-state index in [4.69, 9.17) is 9.47 Å². The maximum atomic E-state index is 16.8. The van der Waals surface area contributed by atoms with Crippen LogP contribution in [-0.2, 0) is 22.7 Å². The molecule has 230 valence electrons. The standard InChI is InChI=1S/C31H33F2N7O3S/c1-30(2,3)39-15-7-8-40(12-15)28-36-10-17-18-13-42-14-19(18)21(23(33)24(17)37-28)25-22-16(9-34)27(38-29(41)43-31(4,5)6)44-26(22)20(32)11-35-25/h10-11,15,39H,7-8,12-14H2,1-6H3,(H,38,41)/t15-/m0/s1. The molecule has 5 heterocycles. The van der Waals surface area contributed by atoms with Gasteiger partial charge in [-0.15, -0.1) is 11.3 Å². The van der Waals surface area contributed by atoms with Crippen LogP contribution in [-0.4, -0.2) is 51.3 Å². The fraction of sp³-hybridized carbons (Fsp3) is 0.452. The molecule has 0 spiro atoms. The van der Waals surface area contributed by atoms with E-state index in [9.17, 15) is 10.1 Å². The quantitative estimate of drug-likeness (QED) is 0.266. The molecule has 1 aromatic carbocycles. The molecule has 44 heavy (non-hydrogen) atoms. The molecule has 1 amide bonds. The van der Waals surface area contributed by atoms with Crippen molar-refractivity contribution in [1.82, 2.24) is 20.3 Å². The van der Waals surface area contributed by atoms with Crippen molar-refractivity contribution in [3.8, 4) is 17.3 Å². The third-order valence-corrected chi connectivity index (χ3v) is 8.54. The molecule has 2 aliphatic rings. The third kappa shape index (κ3) is 5.53. The van der Waals surface area contributed by atoms with Gasteiger partial charge in [-0.3, -0.25) is 10.3 Å². The van der Waals surface area contributed by atoms with Crippen LogP contribution < -0.4 is 15.5 Å². The molecule has 10 nitrogen and oxygen atoms in total. The van der Waals surface area contributed by atoms with Gasteiger partial charge in [0.05, 0.1) is 35.4 Å². The Morgan fingerprint density at radius 1 is 1.16 bits per heavy atom. The Labute approximate surface area is 257 Å². The topological polar surface area (TPSA) is 125 Å². The molecule has 1 saturated heterocycles. The number of benzene rings is 1. The first-order valence-electron chi connectivity index (χ1n) is 14.4. The first kappa shape index (κ1) is 30.1.